The van der Waals surface area contributed by atoms with Gasteiger partial charge in [0.05, 0.1) is 11.7 Å². The minimum atomic E-state index is -1.02. The molecule has 0 spiro atoms. The van der Waals surface area contributed by atoms with E-state index in [0.29, 0.717) is 12.1 Å². The number of hydrogen-bond donors (Lipinski definition) is 1. The van der Waals surface area contributed by atoms with Gasteiger partial charge in [-0.05, 0) is 43.1 Å². The van der Waals surface area contributed by atoms with Crippen molar-refractivity contribution in [2.24, 2.45) is 0 Å². The number of halogens is 1. The van der Waals surface area contributed by atoms with E-state index in [1.165, 1.54) is 18.2 Å². The van der Waals surface area contributed by atoms with Gasteiger partial charge in [0.2, 0.25) is 0 Å². The number of rotatable bonds is 4. The van der Waals surface area contributed by atoms with Crippen LogP contribution in [0.4, 0.5) is 4.39 Å². The quantitative estimate of drug-likeness (QED) is 0.908. The molecule has 1 atom stereocenters. The number of benzene rings is 1. The molecule has 1 unspecified atom stereocenters. The molecule has 0 bridgehead atoms. The molecule has 1 aromatic rings. The van der Waals surface area contributed by atoms with Crippen molar-refractivity contribution in [3.05, 3.63) is 35.1 Å². The monoisotopic (exact) mass is 267 g/mol. The van der Waals surface area contributed by atoms with Gasteiger partial charge >= 0.3 is 5.97 Å². The minimum Gasteiger partial charge on any atom is -0.478 e. The lowest BCUT2D eigenvalue weighted by molar-refractivity contribution is 0.0283. The standard InChI is InChI=1S/C14H18FNO3/c1-19-12-3-2-6-16(9-12)8-10-7-11(15)4-5-13(10)14(17)18/h4-5,7,12H,2-3,6,8-9H2,1H3,(H,17,18). The van der Waals surface area contributed by atoms with Gasteiger partial charge in [0.25, 0.3) is 0 Å². The van der Waals surface area contributed by atoms with E-state index in [0.717, 1.165) is 25.9 Å². The average Bonchev–Trinajstić information content (AvgIpc) is 2.38. The fraction of sp³-hybridized carbons (Fsp3) is 0.500. The van der Waals surface area contributed by atoms with E-state index in [1.54, 1.807) is 7.11 Å². The molecule has 0 saturated carbocycles. The van der Waals surface area contributed by atoms with Crippen LogP contribution in [0.5, 0.6) is 0 Å². The number of likely N-dealkylation sites (tertiary alicyclic amines) is 1. The third-order valence-corrected chi connectivity index (χ3v) is 3.49. The lowest BCUT2D eigenvalue weighted by atomic mass is 10.0. The summed E-state index contributed by atoms with van der Waals surface area (Å²) in [7, 11) is 1.68. The molecule has 1 aliphatic heterocycles. The Morgan fingerprint density at radius 2 is 2.37 bits per heavy atom. The molecule has 0 aromatic heterocycles. The number of methoxy groups -OCH3 is 1. The third kappa shape index (κ3) is 3.52. The molecule has 104 valence electrons. The highest BCUT2D eigenvalue weighted by atomic mass is 19.1. The third-order valence-electron chi connectivity index (χ3n) is 3.49. The summed E-state index contributed by atoms with van der Waals surface area (Å²) in [5, 5.41) is 9.12. The molecule has 1 aromatic carbocycles. The lowest BCUT2D eigenvalue weighted by Gasteiger charge is -2.32. The Hall–Kier alpha value is -1.46. The van der Waals surface area contributed by atoms with E-state index in [9.17, 15) is 9.18 Å². The first-order valence-electron chi connectivity index (χ1n) is 6.37. The minimum absolute atomic E-state index is 0.168. The molecule has 1 N–H and O–H groups in total. The van der Waals surface area contributed by atoms with E-state index in [1.807, 2.05) is 0 Å². The SMILES string of the molecule is COC1CCCN(Cc2cc(F)ccc2C(=O)O)C1. The number of ether oxygens (including phenoxy) is 1. The van der Waals surface area contributed by atoms with Crippen molar-refractivity contribution in [3.63, 3.8) is 0 Å². The van der Waals surface area contributed by atoms with Crippen molar-refractivity contribution in [1.82, 2.24) is 4.90 Å². The molecule has 1 aliphatic rings. The Kier molecular flexibility index (Phi) is 4.50. The van der Waals surface area contributed by atoms with Crippen molar-refractivity contribution < 1.29 is 19.0 Å². The van der Waals surface area contributed by atoms with Gasteiger partial charge in [0.15, 0.2) is 0 Å². The molecule has 0 radical (unpaired) electrons. The predicted octanol–water partition coefficient (Wildman–Crippen LogP) is 2.13. The first kappa shape index (κ1) is 14.0. The second-order valence-electron chi connectivity index (χ2n) is 4.84. The van der Waals surface area contributed by atoms with Crippen LogP contribution in [-0.4, -0.2) is 42.3 Å². The van der Waals surface area contributed by atoms with Gasteiger partial charge in [-0.25, -0.2) is 9.18 Å². The highest BCUT2D eigenvalue weighted by molar-refractivity contribution is 5.89. The van der Waals surface area contributed by atoms with Gasteiger partial charge in [-0.15, -0.1) is 0 Å². The molecule has 5 heteroatoms. The van der Waals surface area contributed by atoms with Crippen LogP contribution in [0.15, 0.2) is 18.2 Å². The second-order valence-corrected chi connectivity index (χ2v) is 4.84. The van der Waals surface area contributed by atoms with Crippen LogP contribution in [0.25, 0.3) is 0 Å². The molecule has 1 saturated heterocycles. The molecule has 19 heavy (non-hydrogen) atoms. The fourth-order valence-electron chi connectivity index (χ4n) is 2.49. The van der Waals surface area contributed by atoms with Crippen LogP contribution in [0, 0.1) is 5.82 Å². The Morgan fingerprint density at radius 1 is 1.58 bits per heavy atom. The van der Waals surface area contributed by atoms with Gasteiger partial charge in [-0.1, -0.05) is 0 Å². The van der Waals surface area contributed by atoms with Crippen molar-refractivity contribution >= 4 is 5.97 Å². The summed E-state index contributed by atoms with van der Waals surface area (Å²) in [6.45, 7) is 2.08. The summed E-state index contributed by atoms with van der Waals surface area (Å²) < 4.78 is 18.6. The normalized spacial score (nSPS) is 20.4. The number of aromatic carboxylic acids is 1. The predicted molar refractivity (Wildman–Crippen MR) is 68.7 cm³/mol. The lowest BCUT2D eigenvalue weighted by Crippen LogP contribution is -2.38. The molecular weight excluding hydrogens is 249 g/mol. The maximum Gasteiger partial charge on any atom is 0.336 e. The summed E-state index contributed by atoms with van der Waals surface area (Å²) in [6, 6.07) is 3.81. The van der Waals surface area contributed by atoms with Crippen molar-refractivity contribution in [2.45, 2.75) is 25.5 Å². The van der Waals surface area contributed by atoms with Crippen LogP contribution in [0.2, 0.25) is 0 Å². The average molecular weight is 267 g/mol. The van der Waals surface area contributed by atoms with E-state index >= 15 is 0 Å². The number of nitrogens with zero attached hydrogens (tertiary/aromatic N) is 1. The van der Waals surface area contributed by atoms with Crippen LogP contribution in [0.1, 0.15) is 28.8 Å². The Labute approximate surface area is 111 Å². The van der Waals surface area contributed by atoms with E-state index < -0.39 is 11.8 Å². The molecule has 4 nitrogen and oxygen atoms in total. The molecule has 0 aliphatic carbocycles. The van der Waals surface area contributed by atoms with Crippen molar-refractivity contribution in [2.75, 3.05) is 20.2 Å². The maximum atomic E-state index is 13.3. The van der Waals surface area contributed by atoms with Crippen LogP contribution in [-0.2, 0) is 11.3 Å². The smallest absolute Gasteiger partial charge is 0.336 e. The van der Waals surface area contributed by atoms with Gasteiger partial charge in [0.1, 0.15) is 5.82 Å². The fourth-order valence-corrected chi connectivity index (χ4v) is 2.49. The van der Waals surface area contributed by atoms with E-state index in [4.69, 9.17) is 9.84 Å². The molecule has 0 amide bonds. The number of carbonyl (C=O) groups is 1. The Balaban J connectivity index is 2.13. The first-order valence-corrected chi connectivity index (χ1v) is 6.37. The topological polar surface area (TPSA) is 49.8 Å². The summed E-state index contributed by atoms with van der Waals surface area (Å²) in [5.74, 6) is -1.42. The zero-order valence-corrected chi connectivity index (χ0v) is 10.9. The highest BCUT2D eigenvalue weighted by Gasteiger charge is 2.21. The second kappa shape index (κ2) is 6.12. The first-order chi connectivity index (χ1) is 9.10. The van der Waals surface area contributed by atoms with Crippen LogP contribution < -0.4 is 0 Å². The van der Waals surface area contributed by atoms with E-state index in [2.05, 4.69) is 4.90 Å². The Morgan fingerprint density at radius 3 is 3.05 bits per heavy atom. The maximum absolute atomic E-state index is 13.3. The molecular formula is C14H18FNO3. The molecule has 1 heterocycles. The van der Waals surface area contributed by atoms with Crippen LogP contribution in [0.3, 0.4) is 0 Å². The Bertz CT molecular complexity index is 464. The van der Waals surface area contributed by atoms with E-state index in [-0.39, 0.29) is 11.7 Å². The number of piperidine rings is 1. The van der Waals surface area contributed by atoms with Crippen LogP contribution >= 0.6 is 0 Å². The zero-order valence-electron chi connectivity index (χ0n) is 10.9. The van der Waals surface area contributed by atoms with Gasteiger partial charge in [0, 0.05) is 20.2 Å². The van der Waals surface area contributed by atoms with Gasteiger partial charge in [-0.3, -0.25) is 4.90 Å². The van der Waals surface area contributed by atoms with Crippen molar-refractivity contribution in [3.8, 4) is 0 Å². The summed E-state index contributed by atoms with van der Waals surface area (Å²) >= 11 is 0. The number of hydrogen-bond acceptors (Lipinski definition) is 3. The summed E-state index contributed by atoms with van der Waals surface area (Å²) in [5.41, 5.74) is 0.685. The molecule has 2 rings (SSSR count). The largest absolute Gasteiger partial charge is 0.478 e. The summed E-state index contributed by atoms with van der Waals surface area (Å²) in [4.78, 5) is 13.2. The number of carboxylic acid groups (broad SMARTS) is 1. The van der Waals surface area contributed by atoms with Crippen molar-refractivity contribution in [1.29, 1.82) is 0 Å². The molecule has 1 fully saturated rings. The summed E-state index contributed by atoms with van der Waals surface area (Å²) in [6.07, 6.45) is 2.20. The van der Waals surface area contributed by atoms with Gasteiger partial charge < -0.3 is 9.84 Å². The number of carboxylic acids is 1. The highest BCUT2D eigenvalue weighted by Crippen LogP contribution is 2.18. The van der Waals surface area contributed by atoms with Gasteiger partial charge in [-0.2, -0.15) is 0 Å². The zero-order chi connectivity index (χ0) is 13.8.